The Labute approximate surface area is 220 Å². The van der Waals surface area contributed by atoms with Crippen molar-refractivity contribution in [3.63, 3.8) is 0 Å². The van der Waals surface area contributed by atoms with Crippen LogP contribution in [-0.4, -0.2) is 53.1 Å². The van der Waals surface area contributed by atoms with Gasteiger partial charge >= 0.3 is 0 Å². The molecule has 2 aromatic carbocycles. The molecule has 6 heteroatoms. The summed E-state index contributed by atoms with van der Waals surface area (Å²) in [6.45, 7) is 3.84. The van der Waals surface area contributed by atoms with E-state index >= 15 is 0 Å². The smallest absolute Gasteiger partial charge is 0.224 e. The number of pyridine rings is 1. The number of aliphatic hydroxyl groups is 1. The first-order valence-corrected chi connectivity index (χ1v) is 13.6. The minimum absolute atomic E-state index is 0.0723. The number of amides is 1. The van der Waals surface area contributed by atoms with Crippen LogP contribution < -0.4 is 10.2 Å². The second-order valence-electron chi connectivity index (χ2n) is 10.5. The molecule has 194 valence electrons. The largest absolute Gasteiger partial charge is 0.385 e. The average molecular weight is 499 g/mol. The van der Waals surface area contributed by atoms with Crippen LogP contribution in [0.25, 0.3) is 0 Å². The van der Waals surface area contributed by atoms with Gasteiger partial charge in [-0.15, -0.1) is 0 Å². The highest BCUT2D eigenvalue weighted by Crippen LogP contribution is 2.34. The van der Waals surface area contributed by atoms with Crippen molar-refractivity contribution in [1.29, 1.82) is 0 Å². The molecule has 1 amide bonds. The number of nitrogens with zero attached hydrogens (tertiary/aromatic N) is 3. The third-order valence-electron chi connectivity index (χ3n) is 8.01. The normalized spacial score (nSPS) is 18.5. The molecule has 2 aliphatic heterocycles. The summed E-state index contributed by atoms with van der Waals surface area (Å²) in [6, 6.07) is 23.0. The summed E-state index contributed by atoms with van der Waals surface area (Å²) in [5, 5.41) is 14.2. The highest BCUT2D eigenvalue weighted by atomic mass is 16.3. The van der Waals surface area contributed by atoms with E-state index in [1.165, 1.54) is 11.3 Å². The van der Waals surface area contributed by atoms with Gasteiger partial charge in [0, 0.05) is 68.0 Å². The molecule has 37 heavy (non-hydrogen) atoms. The third-order valence-corrected chi connectivity index (χ3v) is 8.01. The molecule has 2 N–H and O–H groups in total. The number of benzene rings is 2. The lowest BCUT2D eigenvalue weighted by atomic mass is 9.84. The maximum Gasteiger partial charge on any atom is 0.224 e. The van der Waals surface area contributed by atoms with Crippen LogP contribution in [0.3, 0.4) is 0 Å². The Morgan fingerprint density at radius 1 is 0.973 bits per heavy atom. The zero-order chi connectivity index (χ0) is 25.5. The molecule has 5 rings (SSSR count). The standard InChI is InChI=1S/C31H38N4O2/c36-30(13-4-9-25-7-2-1-3-8-25)33-27-11-5-12-29(23-27)34-19-14-28(15-20-34)35-21-16-31(37,17-22-35)26-10-6-18-32-24-26/h1-3,5-8,10-12,18,23-24,28,37H,4,9,13-17,19-22H2,(H,33,36). The van der Waals surface area contributed by atoms with E-state index in [0.29, 0.717) is 12.5 Å². The lowest BCUT2D eigenvalue weighted by Crippen LogP contribution is -2.50. The fraction of sp³-hybridized carbons (Fsp3) is 0.419. The van der Waals surface area contributed by atoms with Gasteiger partial charge in [-0.1, -0.05) is 42.5 Å². The van der Waals surface area contributed by atoms with Gasteiger partial charge in [-0.2, -0.15) is 0 Å². The van der Waals surface area contributed by atoms with E-state index in [9.17, 15) is 9.90 Å². The predicted molar refractivity (Wildman–Crippen MR) is 149 cm³/mol. The molecule has 2 fully saturated rings. The van der Waals surface area contributed by atoms with E-state index in [1.54, 1.807) is 12.4 Å². The third kappa shape index (κ3) is 6.56. The van der Waals surface area contributed by atoms with Crippen LogP contribution in [0.4, 0.5) is 11.4 Å². The summed E-state index contributed by atoms with van der Waals surface area (Å²) in [5.41, 5.74) is 3.50. The van der Waals surface area contributed by atoms with Crippen LogP contribution in [0.2, 0.25) is 0 Å². The molecule has 0 unspecified atom stereocenters. The molecule has 0 saturated carbocycles. The van der Waals surface area contributed by atoms with Gasteiger partial charge in [-0.05, 0) is 68.4 Å². The summed E-state index contributed by atoms with van der Waals surface area (Å²) in [6.07, 6.45) is 9.58. The zero-order valence-electron chi connectivity index (χ0n) is 21.6. The van der Waals surface area contributed by atoms with Gasteiger partial charge in [0.05, 0.1) is 5.60 Å². The number of carbonyl (C=O) groups is 1. The van der Waals surface area contributed by atoms with Crippen LogP contribution in [0.5, 0.6) is 0 Å². The van der Waals surface area contributed by atoms with Gasteiger partial charge in [-0.3, -0.25) is 9.78 Å². The van der Waals surface area contributed by atoms with Crippen molar-refractivity contribution in [2.45, 2.75) is 56.6 Å². The van der Waals surface area contributed by atoms with Crippen molar-refractivity contribution in [3.05, 3.63) is 90.3 Å². The van der Waals surface area contributed by atoms with E-state index < -0.39 is 5.60 Å². The molecule has 3 aromatic rings. The van der Waals surface area contributed by atoms with Crippen LogP contribution in [0.1, 0.15) is 49.7 Å². The van der Waals surface area contributed by atoms with Crippen LogP contribution in [0.15, 0.2) is 79.1 Å². The fourth-order valence-electron chi connectivity index (χ4n) is 5.78. The summed E-state index contributed by atoms with van der Waals surface area (Å²) in [4.78, 5) is 21.7. The lowest BCUT2D eigenvalue weighted by Gasteiger charge is -2.44. The number of rotatable bonds is 8. The number of hydrogen-bond acceptors (Lipinski definition) is 5. The van der Waals surface area contributed by atoms with E-state index in [0.717, 1.165) is 76.0 Å². The van der Waals surface area contributed by atoms with Crippen LogP contribution >= 0.6 is 0 Å². The van der Waals surface area contributed by atoms with E-state index in [2.05, 4.69) is 44.4 Å². The SMILES string of the molecule is O=C(CCCc1ccccc1)Nc1cccc(N2CCC(N3CCC(O)(c4cccnc4)CC3)CC2)c1. The highest BCUT2D eigenvalue weighted by Gasteiger charge is 2.36. The first-order valence-electron chi connectivity index (χ1n) is 13.6. The van der Waals surface area contributed by atoms with Gasteiger partial charge in [0.1, 0.15) is 0 Å². The number of nitrogens with one attached hydrogen (secondary N) is 1. The molecule has 0 bridgehead atoms. The second-order valence-corrected chi connectivity index (χ2v) is 10.5. The molecule has 0 atom stereocenters. The highest BCUT2D eigenvalue weighted by molar-refractivity contribution is 5.91. The Kier molecular flexibility index (Phi) is 8.17. The summed E-state index contributed by atoms with van der Waals surface area (Å²) in [7, 11) is 0. The van der Waals surface area contributed by atoms with E-state index in [4.69, 9.17) is 0 Å². The molecule has 0 spiro atoms. The molecule has 2 saturated heterocycles. The topological polar surface area (TPSA) is 68.7 Å². The number of carbonyl (C=O) groups excluding carboxylic acids is 1. The Hall–Kier alpha value is -3.22. The minimum atomic E-state index is -0.752. The van der Waals surface area contributed by atoms with Crippen molar-refractivity contribution in [1.82, 2.24) is 9.88 Å². The van der Waals surface area contributed by atoms with Crippen molar-refractivity contribution in [3.8, 4) is 0 Å². The average Bonchev–Trinajstić information content (AvgIpc) is 2.95. The van der Waals surface area contributed by atoms with E-state index in [-0.39, 0.29) is 5.91 Å². The number of anilines is 2. The van der Waals surface area contributed by atoms with Crippen molar-refractivity contribution in [2.24, 2.45) is 0 Å². The first-order chi connectivity index (χ1) is 18.1. The van der Waals surface area contributed by atoms with Gasteiger partial charge in [-0.25, -0.2) is 0 Å². The summed E-state index contributed by atoms with van der Waals surface area (Å²) < 4.78 is 0. The molecule has 0 aliphatic carbocycles. The molecule has 2 aliphatic rings. The molecular weight excluding hydrogens is 460 g/mol. The van der Waals surface area contributed by atoms with Gasteiger partial charge in [0.25, 0.3) is 0 Å². The maximum atomic E-state index is 12.5. The molecule has 3 heterocycles. The van der Waals surface area contributed by atoms with Crippen molar-refractivity contribution in [2.75, 3.05) is 36.4 Å². The number of aryl methyl sites for hydroxylation is 1. The Balaban J connectivity index is 1.07. The summed E-state index contributed by atoms with van der Waals surface area (Å²) in [5.74, 6) is 0.0723. The zero-order valence-corrected chi connectivity index (χ0v) is 21.6. The fourth-order valence-corrected chi connectivity index (χ4v) is 5.78. The van der Waals surface area contributed by atoms with E-state index in [1.807, 2.05) is 42.5 Å². The van der Waals surface area contributed by atoms with Gasteiger partial charge in [0.15, 0.2) is 0 Å². The number of piperidine rings is 2. The predicted octanol–water partition coefficient (Wildman–Crippen LogP) is 5.00. The Bertz CT molecular complexity index is 1140. The molecule has 6 nitrogen and oxygen atoms in total. The van der Waals surface area contributed by atoms with Crippen molar-refractivity contribution >= 4 is 17.3 Å². The Morgan fingerprint density at radius 2 is 1.76 bits per heavy atom. The van der Waals surface area contributed by atoms with Crippen LogP contribution in [-0.2, 0) is 16.8 Å². The van der Waals surface area contributed by atoms with Crippen molar-refractivity contribution < 1.29 is 9.90 Å². The lowest BCUT2D eigenvalue weighted by molar-refractivity contribution is -0.116. The molecular formula is C31H38N4O2. The second kappa shape index (κ2) is 11.9. The molecule has 1 aromatic heterocycles. The maximum absolute atomic E-state index is 12.5. The Morgan fingerprint density at radius 3 is 2.49 bits per heavy atom. The summed E-state index contributed by atoms with van der Waals surface area (Å²) >= 11 is 0. The number of aromatic nitrogens is 1. The minimum Gasteiger partial charge on any atom is -0.385 e. The number of hydrogen-bond donors (Lipinski definition) is 2. The van der Waals surface area contributed by atoms with Gasteiger partial charge < -0.3 is 20.2 Å². The van der Waals surface area contributed by atoms with Crippen LogP contribution in [0, 0.1) is 0 Å². The van der Waals surface area contributed by atoms with Gasteiger partial charge in [0.2, 0.25) is 5.91 Å². The first kappa shape index (κ1) is 25.4. The number of likely N-dealkylation sites (tertiary alicyclic amines) is 1. The monoisotopic (exact) mass is 498 g/mol. The quantitative estimate of drug-likeness (QED) is 0.458. The molecule has 0 radical (unpaired) electrons.